The average Bonchev–Trinajstić information content (AvgIpc) is 2.48. The summed E-state index contributed by atoms with van der Waals surface area (Å²) in [6.07, 6.45) is 2.07. The van der Waals surface area contributed by atoms with Crippen LogP contribution in [0.3, 0.4) is 0 Å². The third-order valence-corrected chi connectivity index (χ3v) is 3.27. The summed E-state index contributed by atoms with van der Waals surface area (Å²) in [5.41, 5.74) is 1.06. The highest BCUT2D eigenvalue weighted by atomic mass is 32.1. The van der Waals surface area contributed by atoms with Crippen molar-refractivity contribution in [1.82, 2.24) is 0 Å². The number of carbonyl (C=O) groups is 2. The van der Waals surface area contributed by atoms with Crippen molar-refractivity contribution in [2.45, 2.75) is 19.3 Å². The van der Waals surface area contributed by atoms with Gasteiger partial charge in [-0.05, 0) is 18.4 Å². The second-order valence-electron chi connectivity index (χ2n) is 3.04. The van der Waals surface area contributed by atoms with Gasteiger partial charge < -0.3 is 5.11 Å². The molecule has 0 unspecified atom stereocenters. The smallest absolute Gasteiger partial charge is 0.336 e. The van der Waals surface area contributed by atoms with Gasteiger partial charge in [-0.2, -0.15) is 0 Å². The standard InChI is InChI=1S/C9H8O3S/c10-7-3-1-2-5-6(9(11)12)4-13-8(5)7/h4H,1-3H2,(H,11,12). The second kappa shape index (κ2) is 2.96. The number of fused-ring (bicyclic) bond motifs is 1. The zero-order valence-corrected chi connectivity index (χ0v) is 7.69. The van der Waals surface area contributed by atoms with E-state index in [1.807, 2.05) is 0 Å². The number of hydrogen-bond donors (Lipinski definition) is 1. The maximum atomic E-state index is 11.3. The highest BCUT2D eigenvalue weighted by Crippen LogP contribution is 2.29. The minimum Gasteiger partial charge on any atom is -0.478 e. The molecule has 2 rings (SSSR count). The van der Waals surface area contributed by atoms with E-state index in [1.54, 1.807) is 5.38 Å². The lowest BCUT2D eigenvalue weighted by atomic mass is 9.95. The largest absolute Gasteiger partial charge is 0.478 e. The van der Waals surface area contributed by atoms with Gasteiger partial charge in [-0.15, -0.1) is 11.3 Å². The van der Waals surface area contributed by atoms with Crippen LogP contribution < -0.4 is 0 Å². The van der Waals surface area contributed by atoms with Crippen LogP contribution in [0, 0.1) is 0 Å². The van der Waals surface area contributed by atoms with Gasteiger partial charge in [0, 0.05) is 11.8 Å². The number of carbonyl (C=O) groups excluding carboxylic acids is 1. The number of aromatic carboxylic acids is 1. The zero-order chi connectivity index (χ0) is 9.42. The van der Waals surface area contributed by atoms with Crippen LogP contribution in [0.1, 0.15) is 38.4 Å². The first-order valence-electron chi connectivity index (χ1n) is 4.07. The predicted molar refractivity (Wildman–Crippen MR) is 48.5 cm³/mol. The van der Waals surface area contributed by atoms with Gasteiger partial charge in [0.05, 0.1) is 10.4 Å². The molecule has 0 aliphatic heterocycles. The maximum Gasteiger partial charge on any atom is 0.336 e. The van der Waals surface area contributed by atoms with Crippen molar-refractivity contribution in [3.05, 3.63) is 21.4 Å². The molecule has 0 atom stereocenters. The molecule has 0 amide bonds. The highest BCUT2D eigenvalue weighted by molar-refractivity contribution is 7.12. The number of thiophene rings is 1. The van der Waals surface area contributed by atoms with E-state index in [0.717, 1.165) is 18.4 Å². The number of carboxylic acids is 1. The van der Waals surface area contributed by atoms with Crippen molar-refractivity contribution in [3.8, 4) is 0 Å². The minimum atomic E-state index is -0.924. The molecule has 0 bridgehead atoms. The number of rotatable bonds is 1. The Balaban J connectivity index is 2.53. The van der Waals surface area contributed by atoms with Gasteiger partial charge in [0.1, 0.15) is 0 Å². The van der Waals surface area contributed by atoms with E-state index >= 15 is 0 Å². The lowest BCUT2D eigenvalue weighted by Crippen LogP contribution is -2.10. The molecule has 0 saturated heterocycles. The lowest BCUT2D eigenvalue weighted by Gasteiger charge is -2.09. The Hall–Kier alpha value is -1.16. The van der Waals surface area contributed by atoms with Gasteiger partial charge in [0.25, 0.3) is 0 Å². The van der Waals surface area contributed by atoms with Crippen molar-refractivity contribution in [1.29, 1.82) is 0 Å². The summed E-state index contributed by atoms with van der Waals surface area (Å²) in [5.74, 6) is -0.828. The minimum absolute atomic E-state index is 0.0961. The van der Waals surface area contributed by atoms with E-state index < -0.39 is 5.97 Å². The van der Waals surface area contributed by atoms with Crippen LogP contribution in [0.25, 0.3) is 0 Å². The highest BCUT2D eigenvalue weighted by Gasteiger charge is 2.24. The monoisotopic (exact) mass is 196 g/mol. The average molecular weight is 196 g/mol. The third kappa shape index (κ3) is 1.27. The predicted octanol–water partition coefficient (Wildman–Crippen LogP) is 1.97. The summed E-state index contributed by atoms with van der Waals surface area (Å²) >= 11 is 1.26. The molecule has 1 aromatic heterocycles. The van der Waals surface area contributed by atoms with Gasteiger partial charge in [0.2, 0.25) is 0 Å². The topological polar surface area (TPSA) is 54.4 Å². The maximum absolute atomic E-state index is 11.3. The van der Waals surface area contributed by atoms with Crippen LogP contribution in [-0.4, -0.2) is 16.9 Å². The molecule has 1 heterocycles. The van der Waals surface area contributed by atoms with Crippen LogP contribution in [0.15, 0.2) is 5.38 Å². The summed E-state index contributed by atoms with van der Waals surface area (Å²) < 4.78 is 0. The Morgan fingerprint density at radius 1 is 1.46 bits per heavy atom. The Kier molecular flexibility index (Phi) is 1.92. The third-order valence-electron chi connectivity index (χ3n) is 2.21. The molecule has 0 fully saturated rings. The molecule has 1 N–H and O–H groups in total. The van der Waals surface area contributed by atoms with Crippen LogP contribution >= 0.6 is 11.3 Å². The van der Waals surface area contributed by atoms with Crippen molar-refractivity contribution in [3.63, 3.8) is 0 Å². The summed E-state index contributed by atoms with van der Waals surface area (Å²) in [6.45, 7) is 0. The van der Waals surface area contributed by atoms with E-state index in [0.29, 0.717) is 16.9 Å². The molecule has 3 nitrogen and oxygen atoms in total. The Morgan fingerprint density at radius 3 is 2.92 bits per heavy atom. The number of hydrogen-bond acceptors (Lipinski definition) is 3. The first kappa shape index (κ1) is 8.44. The second-order valence-corrected chi connectivity index (χ2v) is 3.92. The van der Waals surface area contributed by atoms with Crippen LogP contribution in [0.4, 0.5) is 0 Å². The first-order chi connectivity index (χ1) is 6.20. The molecule has 0 spiro atoms. The van der Waals surface area contributed by atoms with E-state index in [-0.39, 0.29) is 5.78 Å². The quantitative estimate of drug-likeness (QED) is 0.747. The summed E-state index contributed by atoms with van der Waals surface area (Å²) in [5, 5.41) is 10.4. The molecule has 1 aliphatic rings. The molecular formula is C9H8O3S. The number of Topliss-reactive ketones (excluding diaryl/α,β-unsaturated/α-hetero) is 1. The van der Waals surface area contributed by atoms with E-state index in [4.69, 9.17) is 5.11 Å². The molecule has 1 aromatic rings. The number of carboxylic acid groups (broad SMARTS) is 1. The molecule has 0 saturated carbocycles. The molecule has 0 radical (unpaired) electrons. The van der Waals surface area contributed by atoms with Crippen LogP contribution in [0.2, 0.25) is 0 Å². The Labute approximate surface area is 79.0 Å². The zero-order valence-electron chi connectivity index (χ0n) is 6.87. The van der Waals surface area contributed by atoms with E-state index in [9.17, 15) is 9.59 Å². The van der Waals surface area contributed by atoms with E-state index in [1.165, 1.54) is 11.3 Å². The van der Waals surface area contributed by atoms with Gasteiger partial charge in [-0.3, -0.25) is 4.79 Å². The first-order valence-corrected chi connectivity index (χ1v) is 4.95. The van der Waals surface area contributed by atoms with Gasteiger partial charge >= 0.3 is 5.97 Å². The van der Waals surface area contributed by atoms with Crippen LogP contribution in [0.5, 0.6) is 0 Å². The normalized spacial score (nSPS) is 15.5. The molecule has 13 heavy (non-hydrogen) atoms. The molecule has 1 aliphatic carbocycles. The number of ketones is 1. The van der Waals surface area contributed by atoms with Gasteiger partial charge in [-0.25, -0.2) is 4.79 Å². The van der Waals surface area contributed by atoms with Crippen molar-refractivity contribution in [2.24, 2.45) is 0 Å². The van der Waals surface area contributed by atoms with Gasteiger partial charge in [0.15, 0.2) is 5.78 Å². The molecule has 0 aromatic carbocycles. The van der Waals surface area contributed by atoms with Crippen molar-refractivity contribution < 1.29 is 14.7 Å². The lowest BCUT2D eigenvalue weighted by molar-refractivity contribution is 0.0696. The fraction of sp³-hybridized carbons (Fsp3) is 0.333. The summed E-state index contributed by atoms with van der Waals surface area (Å²) in [7, 11) is 0. The molecule has 4 heteroatoms. The van der Waals surface area contributed by atoms with Crippen molar-refractivity contribution >= 4 is 23.1 Å². The summed E-state index contributed by atoms with van der Waals surface area (Å²) in [4.78, 5) is 22.7. The Bertz CT molecular complexity index is 365. The SMILES string of the molecule is O=C(O)c1csc2c1CCCC2=O. The summed E-state index contributed by atoms with van der Waals surface area (Å²) in [6, 6.07) is 0. The van der Waals surface area contributed by atoms with Crippen molar-refractivity contribution in [2.75, 3.05) is 0 Å². The fourth-order valence-electron chi connectivity index (χ4n) is 1.58. The molecular weight excluding hydrogens is 188 g/mol. The van der Waals surface area contributed by atoms with Gasteiger partial charge in [-0.1, -0.05) is 0 Å². The van der Waals surface area contributed by atoms with E-state index in [2.05, 4.69) is 0 Å². The molecule has 68 valence electrons. The fourth-order valence-corrected chi connectivity index (χ4v) is 2.65. The Morgan fingerprint density at radius 2 is 2.23 bits per heavy atom. The van der Waals surface area contributed by atoms with Crippen LogP contribution in [-0.2, 0) is 6.42 Å².